The Morgan fingerprint density at radius 2 is 2.06 bits per heavy atom. The van der Waals surface area contributed by atoms with Crippen LogP contribution in [-0.2, 0) is 0 Å². The first-order chi connectivity index (χ1) is 8.54. The Kier molecular flexibility index (Phi) is 2.93. The molecule has 6 heteroatoms. The second kappa shape index (κ2) is 4.40. The zero-order valence-electron chi connectivity index (χ0n) is 9.34. The monoisotopic (exact) mass is 249 g/mol. The van der Waals surface area contributed by atoms with E-state index < -0.39 is 16.4 Å². The topological polar surface area (TPSA) is 73.3 Å². The van der Waals surface area contributed by atoms with E-state index in [1.165, 1.54) is 25.1 Å². The Morgan fingerprint density at radius 1 is 1.33 bits per heavy atom. The zero-order chi connectivity index (χ0) is 13.3. The maximum absolute atomic E-state index is 13.7. The van der Waals surface area contributed by atoms with Gasteiger partial charge in [0.2, 0.25) is 5.82 Å². The lowest BCUT2D eigenvalue weighted by atomic mass is 10.1. The predicted molar refractivity (Wildman–Crippen MR) is 60.9 cm³/mol. The fraction of sp³-hybridized carbons (Fsp3) is 0.0833. The normalized spacial score (nSPS) is 10.3. The Bertz CT molecular complexity index is 633. The summed E-state index contributed by atoms with van der Waals surface area (Å²) in [4.78, 5) is 20.3. The first-order valence-corrected chi connectivity index (χ1v) is 5.03. The fourth-order valence-electron chi connectivity index (χ4n) is 1.64. The smallest absolute Gasteiger partial charge is 0.305 e. The van der Waals surface area contributed by atoms with Crippen LogP contribution in [0.1, 0.15) is 16.1 Å². The van der Waals surface area contributed by atoms with E-state index in [-0.39, 0.29) is 11.3 Å². The number of hydrogen-bond donors (Lipinski definition) is 0. The number of furan rings is 1. The van der Waals surface area contributed by atoms with E-state index in [0.29, 0.717) is 17.6 Å². The molecule has 0 fully saturated rings. The van der Waals surface area contributed by atoms with Gasteiger partial charge in [-0.25, -0.2) is 0 Å². The first-order valence-electron chi connectivity index (χ1n) is 5.03. The van der Waals surface area contributed by atoms with Crippen LogP contribution >= 0.6 is 0 Å². The Balaban J connectivity index is 2.56. The third-order valence-corrected chi connectivity index (χ3v) is 2.57. The van der Waals surface area contributed by atoms with Crippen LogP contribution in [0.25, 0.3) is 11.3 Å². The molecule has 1 aromatic heterocycles. The molecule has 5 nitrogen and oxygen atoms in total. The molecule has 0 aliphatic rings. The highest BCUT2D eigenvalue weighted by Crippen LogP contribution is 2.31. The number of rotatable bonds is 3. The largest absolute Gasteiger partial charge is 0.453 e. The summed E-state index contributed by atoms with van der Waals surface area (Å²) in [7, 11) is 0. The summed E-state index contributed by atoms with van der Waals surface area (Å²) < 4.78 is 18.9. The fourth-order valence-corrected chi connectivity index (χ4v) is 1.64. The van der Waals surface area contributed by atoms with Crippen molar-refractivity contribution in [3.63, 3.8) is 0 Å². The van der Waals surface area contributed by atoms with Crippen LogP contribution in [0.2, 0.25) is 0 Å². The van der Waals surface area contributed by atoms with E-state index in [0.717, 1.165) is 6.07 Å². The third kappa shape index (κ3) is 1.88. The summed E-state index contributed by atoms with van der Waals surface area (Å²) in [6.07, 6.45) is 0.528. The van der Waals surface area contributed by atoms with E-state index >= 15 is 0 Å². The predicted octanol–water partition coefficient (Wildman–Crippen LogP) is 3.11. The van der Waals surface area contributed by atoms with Crippen LogP contribution in [-0.4, -0.2) is 11.2 Å². The van der Waals surface area contributed by atoms with Crippen LogP contribution in [0.5, 0.6) is 0 Å². The van der Waals surface area contributed by atoms with Crippen LogP contribution in [0.4, 0.5) is 10.1 Å². The molecule has 0 atom stereocenters. The van der Waals surface area contributed by atoms with E-state index in [2.05, 4.69) is 0 Å². The van der Waals surface area contributed by atoms with E-state index in [4.69, 9.17) is 4.42 Å². The molecule has 18 heavy (non-hydrogen) atoms. The molecule has 0 saturated carbocycles. The van der Waals surface area contributed by atoms with Crippen molar-refractivity contribution in [2.24, 2.45) is 0 Å². The highest BCUT2D eigenvalue weighted by molar-refractivity contribution is 5.73. The van der Waals surface area contributed by atoms with Gasteiger partial charge in [-0.1, -0.05) is 0 Å². The van der Waals surface area contributed by atoms with Crippen LogP contribution in [0.3, 0.4) is 0 Å². The minimum Gasteiger partial charge on any atom is -0.453 e. The summed E-state index contributed by atoms with van der Waals surface area (Å²) >= 11 is 0. The molecule has 0 amide bonds. The number of halogens is 1. The quantitative estimate of drug-likeness (QED) is 0.476. The number of aldehydes is 1. The molecule has 1 aromatic carbocycles. The number of carbonyl (C=O) groups excluding carboxylic acids is 1. The summed E-state index contributed by atoms with van der Waals surface area (Å²) in [6, 6.07) is 5.42. The van der Waals surface area contributed by atoms with Gasteiger partial charge in [-0.05, 0) is 25.1 Å². The van der Waals surface area contributed by atoms with Gasteiger partial charge in [-0.2, -0.15) is 4.39 Å². The lowest BCUT2D eigenvalue weighted by molar-refractivity contribution is -0.387. The molecule has 0 radical (unpaired) electrons. The van der Waals surface area contributed by atoms with Gasteiger partial charge in [-0.15, -0.1) is 0 Å². The van der Waals surface area contributed by atoms with Gasteiger partial charge in [0, 0.05) is 17.2 Å². The zero-order valence-corrected chi connectivity index (χ0v) is 9.34. The number of nitro benzene ring substituents is 1. The lowest BCUT2D eigenvalue weighted by Crippen LogP contribution is -1.96. The third-order valence-electron chi connectivity index (χ3n) is 2.57. The standard InChI is InChI=1S/C12H8FNO4/c1-7-9(11-5-2-8(6-15)18-11)3-4-10(12(7)13)14(16)17/h2-6H,1H3. The maximum atomic E-state index is 13.7. The molecule has 1 heterocycles. The number of carbonyl (C=O) groups is 1. The van der Waals surface area contributed by atoms with E-state index in [1.807, 2.05) is 0 Å². The van der Waals surface area contributed by atoms with Gasteiger partial charge in [-0.3, -0.25) is 14.9 Å². The molecule has 92 valence electrons. The van der Waals surface area contributed by atoms with Gasteiger partial charge in [0.15, 0.2) is 12.0 Å². The molecule has 0 N–H and O–H groups in total. The molecule has 0 aliphatic carbocycles. The van der Waals surface area contributed by atoms with Gasteiger partial charge < -0.3 is 4.42 Å². The minimum atomic E-state index is -0.901. The van der Waals surface area contributed by atoms with E-state index in [1.54, 1.807) is 0 Å². The van der Waals surface area contributed by atoms with Gasteiger partial charge in [0.25, 0.3) is 0 Å². The summed E-state index contributed by atoms with van der Waals surface area (Å²) in [5.74, 6) is -0.492. The van der Waals surface area contributed by atoms with Crippen molar-refractivity contribution in [3.05, 3.63) is 51.5 Å². The van der Waals surface area contributed by atoms with Gasteiger partial charge >= 0.3 is 5.69 Å². The van der Waals surface area contributed by atoms with Crippen molar-refractivity contribution in [2.45, 2.75) is 6.92 Å². The van der Waals surface area contributed by atoms with Gasteiger partial charge in [0.1, 0.15) is 5.76 Å². The molecular formula is C12H8FNO4. The number of nitrogens with zero attached hydrogens (tertiary/aromatic N) is 1. The van der Waals surface area contributed by atoms with Crippen molar-refractivity contribution < 1.29 is 18.5 Å². The molecule has 0 bridgehead atoms. The second-order valence-corrected chi connectivity index (χ2v) is 3.65. The highest BCUT2D eigenvalue weighted by atomic mass is 19.1. The Hall–Kier alpha value is -2.50. The average molecular weight is 249 g/mol. The number of benzene rings is 1. The van der Waals surface area contributed by atoms with Crippen molar-refractivity contribution in [1.82, 2.24) is 0 Å². The number of nitro groups is 1. The summed E-state index contributed by atoms with van der Waals surface area (Å²) in [5.41, 5.74) is -0.0967. The summed E-state index contributed by atoms with van der Waals surface area (Å²) in [6.45, 7) is 1.42. The van der Waals surface area contributed by atoms with Crippen molar-refractivity contribution in [3.8, 4) is 11.3 Å². The molecule has 0 aliphatic heterocycles. The molecule has 2 aromatic rings. The highest BCUT2D eigenvalue weighted by Gasteiger charge is 2.20. The second-order valence-electron chi connectivity index (χ2n) is 3.65. The minimum absolute atomic E-state index is 0.107. The molecule has 0 unspecified atom stereocenters. The first kappa shape index (κ1) is 12.0. The summed E-state index contributed by atoms with van der Waals surface area (Å²) in [5, 5.41) is 10.6. The van der Waals surface area contributed by atoms with Crippen LogP contribution in [0.15, 0.2) is 28.7 Å². The van der Waals surface area contributed by atoms with Crippen LogP contribution < -0.4 is 0 Å². The Labute approximate surface area is 101 Å². The van der Waals surface area contributed by atoms with Crippen molar-refractivity contribution in [2.75, 3.05) is 0 Å². The number of hydrogen-bond acceptors (Lipinski definition) is 4. The molecule has 0 spiro atoms. The maximum Gasteiger partial charge on any atom is 0.305 e. The molecular weight excluding hydrogens is 241 g/mol. The molecule has 0 saturated heterocycles. The SMILES string of the molecule is Cc1c(-c2ccc(C=O)o2)ccc([N+](=O)[O-])c1F. The van der Waals surface area contributed by atoms with E-state index in [9.17, 15) is 19.3 Å². The van der Waals surface area contributed by atoms with Crippen LogP contribution in [0, 0.1) is 22.9 Å². The lowest BCUT2D eigenvalue weighted by Gasteiger charge is -2.04. The van der Waals surface area contributed by atoms with Crippen molar-refractivity contribution >= 4 is 12.0 Å². The van der Waals surface area contributed by atoms with Crippen molar-refractivity contribution in [1.29, 1.82) is 0 Å². The molecule has 2 rings (SSSR count). The average Bonchev–Trinajstić information content (AvgIpc) is 2.80. The van der Waals surface area contributed by atoms with Gasteiger partial charge in [0.05, 0.1) is 4.92 Å². The Morgan fingerprint density at radius 3 is 2.61 bits per heavy atom.